The van der Waals surface area contributed by atoms with Gasteiger partial charge in [0.15, 0.2) is 0 Å². The van der Waals surface area contributed by atoms with Crippen LogP contribution in [-0.2, 0) is 15.9 Å². The first kappa shape index (κ1) is 18.7. The first-order valence-electron chi connectivity index (χ1n) is 8.88. The monoisotopic (exact) mass is 354 g/mol. The topological polar surface area (TPSA) is 43.8 Å². The van der Waals surface area contributed by atoms with E-state index in [1.54, 1.807) is 7.11 Å². The number of pyridine rings is 1. The first-order valence-corrected chi connectivity index (χ1v) is 8.88. The Morgan fingerprint density at radius 1 is 1.08 bits per heavy atom. The highest BCUT2D eigenvalue weighted by atomic mass is 16.7. The second-order valence-corrected chi connectivity index (χ2v) is 7.72. The molecule has 2 heterocycles. The van der Waals surface area contributed by atoms with Crippen LogP contribution in [0.5, 0.6) is 5.88 Å². The van der Waals surface area contributed by atoms with E-state index in [1.165, 1.54) is 5.56 Å². The molecule has 6 heteroatoms. The van der Waals surface area contributed by atoms with E-state index < -0.39 is 18.3 Å². The number of anilines is 1. The number of benzene rings is 1. The zero-order valence-corrected chi connectivity index (χ0v) is 16.4. The lowest BCUT2D eigenvalue weighted by atomic mass is 9.79. The SMILES string of the molecule is COc1ncc(N(C)Cc2ccccc2)cc1B1OC(C)(C)C(C)(C)O1. The van der Waals surface area contributed by atoms with E-state index in [4.69, 9.17) is 14.0 Å². The lowest BCUT2D eigenvalue weighted by Crippen LogP contribution is -2.41. The Kier molecular flexibility index (Phi) is 4.99. The zero-order chi connectivity index (χ0) is 18.9. The van der Waals surface area contributed by atoms with Gasteiger partial charge in [0.2, 0.25) is 5.88 Å². The molecule has 0 radical (unpaired) electrons. The molecule has 0 unspecified atom stereocenters. The number of nitrogens with zero attached hydrogens (tertiary/aromatic N) is 2. The van der Waals surface area contributed by atoms with Gasteiger partial charge < -0.3 is 18.9 Å². The van der Waals surface area contributed by atoms with Gasteiger partial charge in [0, 0.05) is 19.1 Å². The lowest BCUT2D eigenvalue weighted by Gasteiger charge is -2.32. The van der Waals surface area contributed by atoms with Gasteiger partial charge >= 0.3 is 7.12 Å². The van der Waals surface area contributed by atoms with Crippen molar-refractivity contribution < 1.29 is 14.0 Å². The predicted octanol–water partition coefficient (Wildman–Crippen LogP) is 3.03. The van der Waals surface area contributed by atoms with E-state index in [9.17, 15) is 0 Å². The normalized spacial score (nSPS) is 18.0. The predicted molar refractivity (Wildman–Crippen MR) is 105 cm³/mol. The number of methoxy groups -OCH3 is 1. The summed E-state index contributed by atoms with van der Waals surface area (Å²) in [6.07, 6.45) is 1.82. The van der Waals surface area contributed by atoms with Crippen LogP contribution < -0.4 is 15.1 Å². The summed E-state index contributed by atoms with van der Waals surface area (Å²) in [6, 6.07) is 12.4. The van der Waals surface area contributed by atoms with Gasteiger partial charge in [-0.05, 0) is 39.3 Å². The van der Waals surface area contributed by atoms with Crippen LogP contribution in [0.3, 0.4) is 0 Å². The molecule has 138 valence electrons. The standard InChI is InChI=1S/C20H27BN2O3/c1-19(2)20(3,4)26-21(25-19)17-12-16(13-22-18(17)24-6)23(5)14-15-10-8-7-9-11-15/h7-13H,14H2,1-6H3. The van der Waals surface area contributed by atoms with E-state index in [0.717, 1.165) is 17.7 Å². The van der Waals surface area contributed by atoms with E-state index in [-0.39, 0.29) is 0 Å². The molecular formula is C20H27BN2O3. The third-order valence-electron chi connectivity index (χ3n) is 5.27. The van der Waals surface area contributed by atoms with Gasteiger partial charge in [-0.2, -0.15) is 0 Å². The Hall–Kier alpha value is -2.05. The third-order valence-corrected chi connectivity index (χ3v) is 5.27. The van der Waals surface area contributed by atoms with Crippen LogP contribution in [0.1, 0.15) is 33.3 Å². The van der Waals surface area contributed by atoms with Crippen molar-refractivity contribution in [2.24, 2.45) is 0 Å². The van der Waals surface area contributed by atoms with Gasteiger partial charge in [-0.3, -0.25) is 0 Å². The average molecular weight is 354 g/mol. The molecular weight excluding hydrogens is 327 g/mol. The molecule has 1 saturated heterocycles. The molecule has 1 aliphatic heterocycles. The number of hydrogen-bond acceptors (Lipinski definition) is 5. The number of rotatable bonds is 5. The maximum atomic E-state index is 6.18. The summed E-state index contributed by atoms with van der Waals surface area (Å²) < 4.78 is 17.8. The van der Waals surface area contributed by atoms with Crippen LogP contribution in [0.2, 0.25) is 0 Å². The van der Waals surface area contributed by atoms with E-state index in [2.05, 4.69) is 22.0 Å². The molecule has 0 bridgehead atoms. The van der Waals surface area contributed by atoms with Crippen LogP contribution in [0.25, 0.3) is 0 Å². The van der Waals surface area contributed by atoms with E-state index >= 15 is 0 Å². The molecule has 0 amide bonds. The van der Waals surface area contributed by atoms with Crippen LogP contribution in [0.4, 0.5) is 5.69 Å². The fourth-order valence-electron chi connectivity index (χ4n) is 2.92. The molecule has 26 heavy (non-hydrogen) atoms. The highest BCUT2D eigenvalue weighted by Crippen LogP contribution is 2.37. The minimum Gasteiger partial charge on any atom is -0.481 e. The second-order valence-electron chi connectivity index (χ2n) is 7.72. The molecule has 1 fully saturated rings. The number of ether oxygens (including phenoxy) is 1. The minimum absolute atomic E-state index is 0.408. The summed E-state index contributed by atoms with van der Waals surface area (Å²) >= 11 is 0. The Morgan fingerprint density at radius 3 is 2.27 bits per heavy atom. The summed E-state index contributed by atoms with van der Waals surface area (Å²) in [7, 11) is 3.15. The van der Waals surface area contributed by atoms with Crippen molar-refractivity contribution in [3.05, 3.63) is 48.2 Å². The summed E-state index contributed by atoms with van der Waals surface area (Å²) in [4.78, 5) is 6.63. The van der Waals surface area contributed by atoms with Gasteiger partial charge in [0.1, 0.15) is 0 Å². The minimum atomic E-state index is -0.507. The molecule has 3 rings (SSSR count). The van der Waals surface area contributed by atoms with E-state index in [1.807, 2.05) is 65.2 Å². The smallest absolute Gasteiger partial charge is 0.481 e. The van der Waals surface area contributed by atoms with Gasteiger partial charge in [-0.1, -0.05) is 30.3 Å². The Bertz CT molecular complexity index is 749. The summed E-state index contributed by atoms with van der Waals surface area (Å²) in [6.45, 7) is 8.95. The molecule has 1 aromatic heterocycles. The first-order chi connectivity index (χ1) is 12.2. The van der Waals surface area contributed by atoms with Crippen molar-refractivity contribution in [3.8, 4) is 5.88 Å². The lowest BCUT2D eigenvalue weighted by molar-refractivity contribution is 0.00578. The van der Waals surface area contributed by atoms with Crippen LogP contribution >= 0.6 is 0 Å². The van der Waals surface area contributed by atoms with Crippen molar-refractivity contribution in [3.63, 3.8) is 0 Å². The van der Waals surface area contributed by atoms with Crippen LogP contribution in [-0.4, -0.2) is 37.5 Å². The summed E-state index contributed by atoms with van der Waals surface area (Å²) in [5.74, 6) is 0.528. The molecule has 2 aromatic rings. The van der Waals surface area contributed by atoms with Gasteiger partial charge in [0.05, 0.1) is 30.2 Å². The van der Waals surface area contributed by atoms with E-state index in [0.29, 0.717) is 5.88 Å². The van der Waals surface area contributed by atoms with Gasteiger partial charge in [-0.25, -0.2) is 4.98 Å². The van der Waals surface area contributed by atoms with Crippen LogP contribution in [0, 0.1) is 0 Å². The molecule has 1 aliphatic rings. The molecule has 0 atom stereocenters. The fraction of sp³-hybridized carbons (Fsp3) is 0.450. The maximum Gasteiger partial charge on any atom is 0.500 e. The van der Waals surface area contributed by atoms with Gasteiger partial charge in [-0.15, -0.1) is 0 Å². The van der Waals surface area contributed by atoms with Crippen molar-refractivity contribution in [1.29, 1.82) is 0 Å². The molecule has 0 spiro atoms. The molecule has 0 aliphatic carbocycles. The summed E-state index contributed by atoms with van der Waals surface area (Å²) in [5, 5.41) is 0. The van der Waals surface area contributed by atoms with Crippen LogP contribution in [0.15, 0.2) is 42.6 Å². The quantitative estimate of drug-likeness (QED) is 0.773. The molecule has 0 saturated carbocycles. The van der Waals surface area contributed by atoms with Crippen molar-refractivity contribution >= 4 is 18.3 Å². The van der Waals surface area contributed by atoms with Gasteiger partial charge in [0.25, 0.3) is 0 Å². The second kappa shape index (κ2) is 6.93. The third kappa shape index (κ3) is 3.57. The fourth-order valence-corrected chi connectivity index (χ4v) is 2.92. The van der Waals surface area contributed by atoms with Crippen molar-refractivity contribution in [2.45, 2.75) is 45.4 Å². The van der Waals surface area contributed by atoms with Crippen molar-refractivity contribution in [2.75, 3.05) is 19.1 Å². The average Bonchev–Trinajstić information content (AvgIpc) is 2.82. The highest BCUT2D eigenvalue weighted by molar-refractivity contribution is 6.63. The Balaban J connectivity index is 1.88. The molecule has 5 nitrogen and oxygen atoms in total. The number of aromatic nitrogens is 1. The Labute approximate surface area is 156 Å². The largest absolute Gasteiger partial charge is 0.500 e. The molecule has 1 aromatic carbocycles. The Morgan fingerprint density at radius 2 is 1.69 bits per heavy atom. The molecule has 0 N–H and O–H groups in total. The summed E-state index contributed by atoms with van der Waals surface area (Å²) in [5.41, 5.74) is 2.22. The number of hydrogen-bond donors (Lipinski definition) is 0. The van der Waals surface area contributed by atoms with Crippen molar-refractivity contribution in [1.82, 2.24) is 4.98 Å². The highest BCUT2D eigenvalue weighted by Gasteiger charge is 2.52. The zero-order valence-electron chi connectivity index (χ0n) is 16.4. The maximum absolute atomic E-state index is 6.18.